The lowest BCUT2D eigenvalue weighted by Gasteiger charge is -2.00. The van der Waals surface area contributed by atoms with Crippen LogP contribution in [0, 0.1) is 0 Å². The Morgan fingerprint density at radius 3 is 2.58 bits per heavy atom. The van der Waals surface area contributed by atoms with Crippen molar-refractivity contribution in [3.05, 3.63) is 12.2 Å². The fourth-order valence-electron chi connectivity index (χ4n) is 0.472. The lowest BCUT2D eigenvalue weighted by Crippen LogP contribution is -2.05. The van der Waals surface area contributed by atoms with Crippen molar-refractivity contribution in [2.24, 2.45) is 0 Å². The van der Waals surface area contributed by atoms with E-state index in [-0.39, 0.29) is 5.75 Å². The van der Waals surface area contributed by atoms with Gasteiger partial charge in [-0.05, 0) is 0 Å². The molecule has 0 atom stereocenters. The van der Waals surface area contributed by atoms with Crippen molar-refractivity contribution in [3.8, 4) is 0 Å². The smallest absolute Gasteiger partial charge is 0.148 e. The van der Waals surface area contributed by atoms with Gasteiger partial charge in [0.15, 0.2) is 0 Å². The summed E-state index contributed by atoms with van der Waals surface area (Å²) in [5, 5.41) is 0. The zero-order chi connectivity index (χ0) is 9.61. The highest BCUT2D eigenvalue weighted by molar-refractivity contribution is 8.00. The molecule has 0 bridgehead atoms. The standard InChI is InChI=1S/C7H14O2S3/c1-7(5-10)6-11-3-4-12(2,8)9/h10H,1,3-6H2,2H3. The van der Waals surface area contributed by atoms with Crippen LogP contribution in [0.4, 0.5) is 0 Å². The van der Waals surface area contributed by atoms with Crippen molar-refractivity contribution < 1.29 is 8.42 Å². The second-order valence-electron chi connectivity index (χ2n) is 2.59. The van der Waals surface area contributed by atoms with E-state index in [0.29, 0.717) is 11.5 Å². The van der Waals surface area contributed by atoms with Gasteiger partial charge in [0.2, 0.25) is 0 Å². The molecule has 0 spiro atoms. The van der Waals surface area contributed by atoms with Crippen LogP contribution in [0.15, 0.2) is 12.2 Å². The predicted molar refractivity (Wildman–Crippen MR) is 60.0 cm³/mol. The Labute approximate surface area is 84.1 Å². The molecule has 72 valence electrons. The molecule has 0 aliphatic carbocycles. The van der Waals surface area contributed by atoms with Crippen LogP contribution in [0.1, 0.15) is 0 Å². The molecule has 0 aliphatic heterocycles. The third-order valence-electron chi connectivity index (χ3n) is 1.13. The number of hydrogen-bond acceptors (Lipinski definition) is 4. The van der Waals surface area contributed by atoms with E-state index in [2.05, 4.69) is 19.2 Å². The fourth-order valence-corrected chi connectivity index (χ4v) is 2.95. The van der Waals surface area contributed by atoms with E-state index in [4.69, 9.17) is 0 Å². The number of sulfone groups is 1. The van der Waals surface area contributed by atoms with Gasteiger partial charge in [-0.3, -0.25) is 0 Å². The molecule has 0 aliphatic rings. The molecule has 0 fully saturated rings. The van der Waals surface area contributed by atoms with Crippen LogP contribution in [0.2, 0.25) is 0 Å². The summed E-state index contributed by atoms with van der Waals surface area (Å²) in [6, 6.07) is 0. The Hall–Kier alpha value is 0.390. The number of thioether (sulfide) groups is 1. The first kappa shape index (κ1) is 12.4. The Kier molecular flexibility index (Phi) is 6.13. The lowest BCUT2D eigenvalue weighted by atomic mass is 10.4. The molecule has 0 amide bonds. The zero-order valence-electron chi connectivity index (χ0n) is 7.12. The zero-order valence-corrected chi connectivity index (χ0v) is 9.64. The summed E-state index contributed by atoms with van der Waals surface area (Å²) in [6.07, 6.45) is 1.25. The molecule has 0 rings (SSSR count). The topological polar surface area (TPSA) is 34.1 Å². The summed E-state index contributed by atoms with van der Waals surface area (Å²) in [7, 11) is -2.80. The molecular weight excluding hydrogens is 212 g/mol. The van der Waals surface area contributed by atoms with Crippen LogP contribution in [0.3, 0.4) is 0 Å². The number of hydrogen-bond donors (Lipinski definition) is 1. The third kappa shape index (κ3) is 8.49. The normalized spacial score (nSPS) is 11.5. The molecule has 0 aromatic heterocycles. The Bertz CT molecular complexity index is 231. The monoisotopic (exact) mass is 226 g/mol. The molecule has 2 nitrogen and oxygen atoms in total. The molecular formula is C7H14O2S3. The number of rotatable bonds is 6. The Balaban J connectivity index is 3.40. The summed E-state index contributed by atoms with van der Waals surface area (Å²) in [5.74, 6) is 2.37. The van der Waals surface area contributed by atoms with Gasteiger partial charge in [-0.1, -0.05) is 12.2 Å². The van der Waals surface area contributed by atoms with Gasteiger partial charge >= 0.3 is 0 Å². The van der Waals surface area contributed by atoms with Crippen LogP contribution in [0.25, 0.3) is 0 Å². The maximum atomic E-state index is 10.7. The highest BCUT2D eigenvalue weighted by atomic mass is 32.2. The Morgan fingerprint density at radius 1 is 1.58 bits per heavy atom. The molecule has 0 unspecified atom stereocenters. The van der Waals surface area contributed by atoms with Crippen molar-refractivity contribution in [3.63, 3.8) is 0 Å². The average Bonchev–Trinajstić information content (AvgIpc) is 1.96. The third-order valence-corrected chi connectivity index (χ3v) is 3.88. The summed E-state index contributed by atoms with van der Waals surface area (Å²) in [5.41, 5.74) is 1.04. The SMILES string of the molecule is C=C(CS)CSCCS(C)(=O)=O. The van der Waals surface area contributed by atoms with Gasteiger partial charge in [0.1, 0.15) is 9.84 Å². The molecule has 12 heavy (non-hydrogen) atoms. The average molecular weight is 226 g/mol. The predicted octanol–water partition coefficient (Wildman–Crippen LogP) is 1.25. The minimum Gasteiger partial charge on any atom is -0.229 e. The fraction of sp³-hybridized carbons (Fsp3) is 0.714. The molecule has 0 aromatic rings. The summed E-state index contributed by atoms with van der Waals surface area (Å²) < 4.78 is 21.4. The highest BCUT2D eigenvalue weighted by Gasteiger charge is 2.01. The first-order valence-corrected chi connectivity index (χ1v) is 7.33. The summed E-state index contributed by atoms with van der Waals surface area (Å²) in [6.45, 7) is 3.76. The minimum absolute atomic E-state index is 0.248. The maximum absolute atomic E-state index is 10.7. The van der Waals surface area contributed by atoms with Crippen LogP contribution in [0.5, 0.6) is 0 Å². The van der Waals surface area contributed by atoms with E-state index in [0.717, 1.165) is 11.3 Å². The van der Waals surface area contributed by atoms with Crippen molar-refractivity contribution in [1.29, 1.82) is 0 Å². The second-order valence-corrected chi connectivity index (χ2v) is 6.27. The molecule has 0 saturated carbocycles. The first-order chi connectivity index (χ1) is 5.45. The van der Waals surface area contributed by atoms with E-state index in [1.165, 1.54) is 6.26 Å². The van der Waals surface area contributed by atoms with E-state index >= 15 is 0 Å². The maximum Gasteiger partial charge on any atom is 0.148 e. The van der Waals surface area contributed by atoms with Crippen LogP contribution in [-0.2, 0) is 9.84 Å². The van der Waals surface area contributed by atoms with Gasteiger partial charge in [-0.25, -0.2) is 8.42 Å². The van der Waals surface area contributed by atoms with E-state index < -0.39 is 9.84 Å². The van der Waals surface area contributed by atoms with E-state index in [1.54, 1.807) is 11.8 Å². The van der Waals surface area contributed by atoms with Crippen LogP contribution in [-0.4, -0.2) is 37.7 Å². The van der Waals surface area contributed by atoms with Gasteiger partial charge in [0.05, 0.1) is 5.75 Å². The van der Waals surface area contributed by atoms with Gasteiger partial charge in [-0.15, -0.1) is 0 Å². The minimum atomic E-state index is -2.80. The Morgan fingerprint density at radius 2 is 2.17 bits per heavy atom. The first-order valence-electron chi connectivity index (χ1n) is 3.48. The summed E-state index contributed by atoms with van der Waals surface area (Å²) in [4.78, 5) is 0. The molecule has 0 aromatic carbocycles. The molecule has 0 heterocycles. The number of thiol groups is 1. The van der Waals surface area contributed by atoms with Gasteiger partial charge in [0, 0.05) is 23.5 Å². The van der Waals surface area contributed by atoms with E-state index in [1.807, 2.05) is 0 Å². The highest BCUT2D eigenvalue weighted by Crippen LogP contribution is 2.07. The molecule has 0 N–H and O–H groups in total. The largest absolute Gasteiger partial charge is 0.229 e. The van der Waals surface area contributed by atoms with Crippen LogP contribution < -0.4 is 0 Å². The van der Waals surface area contributed by atoms with Gasteiger partial charge in [0.25, 0.3) is 0 Å². The van der Waals surface area contributed by atoms with Crippen molar-refractivity contribution in [2.45, 2.75) is 0 Å². The molecule has 0 radical (unpaired) electrons. The van der Waals surface area contributed by atoms with Crippen molar-refractivity contribution >= 4 is 34.2 Å². The van der Waals surface area contributed by atoms with Gasteiger partial charge in [-0.2, -0.15) is 24.4 Å². The van der Waals surface area contributed by atoms with Gasteiger partial charge < -0.3 is 0 Å². The quantitative estimate of drug-likeness (QED) is 0.420. The summed E-state index contributed by atoms with van der Waals surface area (Å²) >= 11 is 5.63. The second kappa shape index (κ2) is 5.94. The molecule has 0 saturated heterocycles. The van der Waals surface area contributed by atoms with Crippen molar-refractivity contribution in [2.75, 3.05) is 29.3 Å². The van der Waals surface area contributed by atoms with Crippen molar-refractivity contribution in [1.82, 2.24) is 0 Å². The van der Waals surface area contributed by atoms with E-state index in [9.17, 15) is 8.42 Å². The van der Waals surface area contributed by atoms with Crippen LogP contribution >= 0.6 is 24.4 Å². The lowest BCUT2D eigenvalue weighted by molar-refractivity contribution is 0.603. The molecule has 5 heteroatoms.